The summed E-state index contributed by atoms with van der Waals surface area (Å²) in [7, 11) is 0. The monoisotopic (exact) mass is 108 g/mol. The van der Waals surface area contributed by atoms with Crippen molar-refractivity contribution in [3.8, 4) is 0 Å². The van der Waals surface area contributed by atoms with Crippen LogP contribution in [0.1, 0.15) is 20.3 Å². The summed E-state index contributed by atoms with van der Waals surface area (Å²) in [5, 5.41) is 0. The van der Waals surface area contributed by atoms with Crippen molar-refractivity contribution in [2.45, 2.75) is 20.3 Å². The third kappa shape index (κ3) is 0.300. The highest BCUT2D eigenvalue weighted by atomic mass is 14.5. The smallest absolute Gasteiger partial charge is 0.00784 e. The zero-order valence-corrected chi connectivity index (χ0v) is 5.52. The molecule has 2 rings (SSSR count). The Morgan fingerprint density at radius 3 is 2.38 bits per heavy atom. The first-order valence-electron chi connectivity index (χ1n) is 3.42. The van der Waals surface area contributed by atoms with Crippen LogP contribution < -0.4 is 0 Å². The van der Waals surface area contributed by atoms with Crippen molar-refractivity contribution in [2.24, 2.45) is 17.3 Å². The average molecular weight is 108 g/mol. The van der Waals surface area contributed by atoms with Gasteiger partial charge < -0.3 is 0 Å². The van der Waals surface area contributed by atoms with E-state index >= 15 is 0 Å². The molecule has 0 heteroatoms. The maximum atomic E-state index is 2.36. The van der Waals surface area contributed by atoms with E-state index in [9.17, 15) is 0 Å². The largest absolute Gasteiger partial charge is 0.0837 e. The van der Waals surface area contributed by atoms with Gasteiger partial charge in [0.15, 0.2) is 0 Å². The van der Waals surface area contributed by atoms with Gasteiger partial charge in [0.1, 0.15) is 0 Å². The molecule has 3 atom stereocenters. The summed E-state index contributed by atoms with van der Waals surface area (Å²) in [5.41, 5.74) is 0.652. The van der Waals surface area contributed by atoms with Crippen molar-refractivity contribution in [3.05, 3.63) is 12.2 Å². The molecule has 2 aliphatic rings. The fourth-order valence-corrected chi connectivity index (χ4v) is 2.24. The molecular formula is C8H12. The second-order valence-corrected chi connectivity index (χ2v) is 3.57. The predicted octanol–water partition coefficient (Wildman–Crippen LogP) is 2.22. The second-order valence-electron chi connectivity index (χ2n) is 3.57. The molecule has 8 heavy (non-hydrogen) atoms. The van der Waals surface area contributed by atoms with Crippen LogP contribution in [-0.2, 0) is 0 Å². The molecule has 1 fully saturated rings. The third-order valence-corrected chi connectivity index (χ3v) is 2.82. The fraction of sp³-hybridized carbons (Fsp3) is 0.750. The van der Waals surface area contributed by atoms with Crippen molar-refractivity contribution in [1.29, 1.82) is 0 Å². The molecule has 0 spiro atoms. The zero-order chi connectivity index (χ0) is 5.78. The minimum absolute atomic E-state index is 0.652. The summed E-state index contributed by atoms with van der Waals surface area (Å²) < 4.78 is 0. The lowest BCUT2D eigenvalue weighted by Crippen LogP contribution is -2.47. The van der Waals surface area contributed by atoms with Gasteiger partial charge in [-0.2, -0.15) is 0 Å². The van der Waals surface area contributed by atoms with E-state index in [-0.39, 0.29) is 0 Å². The molecule has 0 aromatic carbocycles. The molecule has 3 unspecified atom stereocenters. The fourth-order valence-electron chi connectivity index (χ4n) is 2.24. The molecule has 0 aromatic heterocycles. The van der Waals surface area contributed by atoms with E-state index in [2.05, 4.69) is 26.0 Å². The van der Waals surface area contributed by atoms with Gasteiger partial charge in [-0.1, -0.05) is 26.0 Å². The summed E-state index contributed by atoms with van der Waals surface area (Å²) in [6, 6.07) is 0. The summed E-state index contributed by atoms with van der Waals surface area (Å²) in [6.07, 6.45) is 6.14. The van der Waals surface area contributed by atoms with Gasteiger partial charge in [-0.3, -0.25) is 0 Å². The number of fused-ring (bicyclic) bond motifs is 1. The first-order chi connectivity index (χ1) is 3.72. The topological polar surface area (TPSA) is 0 Å². The molecule has 0 amide bonds. The Kier molecular flexibility index (Phi) is 0.588. The average Bonchev–Trinajstić information content (AvgIpc) is 1.64. The van der Waals surface area contributed by atoms with E-state index < -0.39 is 0 Å². The van der Waals surface area contributed by atoms with Crippen LogP contribution in [0.3, 0.4) is 0 Å². The van der Waals surface area contributed by atoms with Gasteiger partial charge >= 0.3 is 0 Å². The molecule has 0 nitrogen and oxygen atoms in total. The number of rotatable bonds is 0. The van der Waals surface area contributed by atoms with Gasteiger partial charge in [0.05, 0.1) is 0 Å². The zero-order valence-electron chi connectivity index (χ0n) is 5.52. The highest BCUT2D eigenvalue weighted by molar-refractivity contribution is 5.24. The van der Waals surface area contributed by atoms with E-state index in [1.807, 2.05) is 0 Å². The van der Waals surface area contributed by atoms with Crippen molar-refractivity contribution < 1.29 is 0 Å². The lowest BCUT2D eigenvalue weighted by Gasteiger charge is -2.55. The highest BCUT2D eigenvalue weighted by Gasteiger charge is 2.49. The normalized spacial score (nSPS) is 58.8. The van der Waals surface area contributed by atoms with Crippen molar-refractivity contribution in [3.63, 3.8) is 0 Å². The van der Waals surface area contributed by atoms with Crippen molar-refractivity contribution >= 4 is 0 Å². The van der Waals surface area contributed by atoms with E-state index in [1.54, 1.807) is 0 Å². The molecule has 44 valence electrons. The van der Waals surface area contributed by atoms with Gasteiger partial charge in [0.2, 0.25) is 0 Å². The summed E-state index contributed by atoms with van der Waals surface area (Å²) >= 11 is 0. The molecule has 0 radical (unpaired) electrons. The van der Waals surface area contributed by atoms with Gasteiger partial charge in [-0.25, -0.2) is 0 Å². The maximum Gasteiger partial charge on any atom is -0.00784 e. The maximum absolute atomic E-state index is 2.36. The molecule has 0 aromatic rings. The molecule has 0 bridgehead atoms. The van der Waals surface area contributed by atoms with Gasteiger partial charge in [0.25, 0.3) is 0 Å². The molecular weight excluding hydrogens is 96.1 g/mol. The molecule has 0 heterocycles. The third-order valence-electron chi connectivity index (χ3n) is 2.82. The Labute approximate surface area is 50.6 Å². The van der Waals surface area contributed by atoms with E-state index in [0.29, 0.717) is 5.41 Å². The molecule has 0 N–H and O–H groups in total. The Morgan fingerprint density at radius 2 is 2.38 bits per heavy atom. The van der Waals surface area contributed by atoms with Crippen molar-refractivity contribution in [1.82, 2.24) is 0 Å². The second kappa shape index (κ2) is 1.02. The van der Waals surface area contributed by atoms with Crippen molar-refractivity contribution in [2.75, 3.05) is 0 Å². The van der Waals surface area contributed by atoms with Crippen LogP contribution in [-0.4, -0.2) is 0 Å². The first-order valence-corrected chi connectivity index (χ1v) is 3.42. The minimum Gasteiger partial charge on any atom is -0.0837 e. The van der Waals surface area contributed by atoms with Crippen LogP contribution in [0, 0.1) is 17.3 Å². The number of hydrogen-bond acceptors (Lipinski definition) is 0. The lowest BCUT2D eigenvalue weighted by molar-refractivity contribution is 0.0378. The van der Waals surface area contributed by atoms with Crippen LogP contribution in [0.25, 0.3) is 0 Å². The highest BCUT2D eigenvalue weighted by Crippen LogP contribution is 2.58. The number of allylic oxidation sites excluding steroid dienone is 2. The summed E-state index contributed by atoms with van der Waals surface area (Å²) in [4.78, 5) is 0. The van der Waals surface area contributed by atoms with Gasteiger partial charge in [0, 0.05) is 0 Å². The predicted molar refractivity (Wildman–Crippen MR) is 34.5 cm³/mol. The molecule has 2 aliphatic carbocycles. The van der Waals surface area contributed by atoms with E-state index in [4.69, 9.17) is 0 Å². The Morgan fingerprint density at radius 1 is 1.62 bits per heavy atom. The first kappa shape index (κ1) is 4.60. The number of hydrogen-bond donors (Lipinski definition) is 0. The Bertz CT molecular complexity index is 146. The van der Waals surface area contributed by atoms with Crippen LogP contribution in [0.5, 0.6) is 0 Å². The Balaban J connectivity index is 2.22. The van der Waals surface area contributed by atoms with E-state index in [1.165, 1.54) is 6.42 Å². The minimum atomic E-state index is 0.652. The molecule has 1 saturated carbocycles. The summed E-state index contributed by atoms with van der Waals surface area (Å²) in [6.45, 7) is 4.70. The van der Waals surface area contributed by atoms with Crippen LogP contribution in [0.4, 0.5) is 0 Å². The van der Waals surface area contributed by atoms with Gasteiger partial charge in [-0.15, -0.1) is 0 Å². The Hall–Kier alpha value is -0.260. The standard InChI is InChI=1S/C8H12/c1-6-5-8(2)4-3-7(6)8/h3-4,6-7H,5H2,1-2H3. The van der Waals surface area contributed by atoms with E-state index in [0.717, 1.165) is 11.8 Å². The molecule has 0 aliphatic heterocycles. The van der Waals surface area contributed by atoms with Crippen LogP contribution in [0.2, 0.25) is 0 Å². The van der Waals surface area contributed by atoms with Crippen LogP contribution >= 0.6 is 0 Å². The van der Waals surface area contributed by atoms with Gasteiger partial charge in [-0.05, 0) is 23.7 Å². The lowest BCUT2D eigenvalue weighted by atomic mass is 9.49. The SMILES string of the molecule is CC1CC2(C)C=CC12. The molecule has 0 saturated heterocycles. The quantitative estimate of drug-likeness (QED) is 0.417. The summed E-state index contributed by atoms with van der Waals surface area (Å²) in [5.74, 6) is 1.92. The van der Waals surface area contributed by atoms with Crippen LogP contribution in [0.15, 0.2) is 12.2 Å².